The van der Waals surface area contributed by atoms with Crippen LogP contribution in [-0.4, -0.2) is 18.3 Å². The molecule has 100 valence electrons. The molecule has 1 amide bonds. The van der Waals surface area contributed by atoms with E-state index in [1.54, 1.807) is 0 Å². The van der Waals surface area contributed by atoms with Gasteiger partial charge >= 0.3 is 0 Å². The summed E-state index contributed by atoms with van der Waals surface area (Å²) in [7, 11) is 0. The van der Waals surface area contributed by atoms with Crippen molar-refractivity contribution in [3.8, 4) is 6.07 Å². The Hall–Kier alpha value is -1.99. The highest BCUT2D eigenvalue weighted by atomic mass is 35.5. The van der Waals surface area contributed by atoms with Crippen LogP contribution in [0.5, 0.6) is 0 Å². The van der Waals surface area contributed by atoms with Crippen molar-refractivity contribution in [2.45, 2.75) is 13.8 Å². The number of nitriles is 1. The average molecular weight is 278 g/mol. The highest BCUT2D eigenvalue weighted by Gasteiger charge is 2.07. The molecule has 2 N–H and O–H groups in total. The molecule has 4 nitrogen and oxygen atoms in total. The summed E-state index contributed by atoms with van der Waals surface area (Å²) in [6.07, 6.45) is 1.40. The Kier molecular flexibility index (Phi) is 5.91. The summed E-state index contributed by atoms with van der Waals surface area (Å²) >= 11 is 5.47. The molecule has 0 radical (unpaired) electrons. The second kappa shape index (κ2) is 7.45. The van der Waals surface area contributed by atoms with Crippen molar-refractivity contribution in [3.05, 3.63) is 41.1 Å². The van der Waals surface area contributed by atoms with Gasteiger partial charge in [-0.2, -0.15) is 5.26 Å². The maximum absolute atomic E-state index is 11.6. The van der Waals surface area contributed by atoms with Crippen LogP contribution in [-0.2, 0) is 4.79 Å². The van der Waals surface area contributed by atoms with Crippen LogP contribution in [0.3, 0.4) is 0 Å². The quantitative estimate of drug-likeness (QED) is 0.494. The van der Waals surface area contributed by atoms with E-state index in [-0.39, 0.29) is 5.57 Å². The molecular formula is C14H16ClN3O. The zero-order chi connectivity index (χ0) is 14.3. The molecule has 1 aromatic rings. The van der Waals surface area contributed by atoms with Gasteiger partial charge in [-0.3, -0.25) is 4.79 Å². The summed E-state index contributed by atoms with van der Waals surface area (Å²) < 4.78 is 0. The lowest BCUT2D eigenvalue weighted by atomic mass is 10.1. The van der Waals surface area contributed by atoms with E-state index in [0.29, 0.717) is 12.4 Å². The summed E-state index contributed by atoms with van der Waals surface area (Å²) in [6, 6.07) is 7.75. The van der Waals surface area contributed by atoms with E-state index < -0.39 is 5.91 Å². The van der Waals surface area contributed by atoms with Crippen molar-refractivity contribution in [1.29, 1.82) is 5.26 Å². The summed E-state index contributed by atoms with van der Waals surface area (Å²) in [6.45, 7) is 4.30. The van der Waals surface area contributed by atoms with Gasteiger partial charge in [0.2, 0.25) is 0 Å². The molecule has 1 rings (SSSR count). The zero-order valence-corrected chi connectivity index (χ0v) is 11.7. The fraction of sp³-hybridized carbons (Fsp3) is 0.286. The van der Waals surface area contributed by atoms with Gasteiger partial charge in [-0.25, -0.2) is 0 Å². The Balaban J connectivity index is 2.77. The number of halogens is 1. The summed E-state index contributed by atoms with van der Waals surface area (Å²) in [4.78, 5) is 11.6. The van der Waals surface area contributed by atoms with Crippen LogP contribution in [0.15, 0.2) is 30.0 Å². The minimum absolute atomic E-state index is 0.0186. The number of alkyl halides is 1. The SMILES string of the molecule is Cc1ccc(N/C=C(/C#N)C(=O)NCCCl)c(C)c1. The number of nitrogens with zero attached hydrogens (tertiary/aromatic N) is 1. The molecule has 0 bridgehead atoms. The van der Waals surface area contributed by atoms with Crippen molar-refractivity contribution >= 4 is 23.2 Å². The summed E-state index contributed by atoms with van der Waals surface area (Å²) in [5.74, 6) is -0.116. The molecule has 0 atom stereocenters. The Morgan fingerprint density at radius 1 is 1.47 bits per heavy atom. The van der Waals surface area contributed by atoms with Crippen molar-refractivity contribution in [2.75, 3.05) is 17.7 Å². The maximum atomic E-state index is 11.6. The molecular weight excluding hydrogens is 262 g/mol. The molecule has 0 aliphatic rings. The molecule has 0 spiro atoms. The third kappa shape index (κ3) is 4.65. The Labute approximate surface area is 118 Å². The minimum atomic E-state index is -0.430. The average Bonchev–Trinajstić information content (AvgIpc) is 2.39. The number of rotatable bonds is 5. The van der Waals surface area contributed by atoms with Crippen molar-refractivity contribution in [2.24, 2.45) is 0 Å². The number of carbonyl (C=O) groups is 1. The highest BCUT2D eigenvalue weighted by Crippen LogP contribution is 2.16. The van der Waals surface area contributed by atoms with Crippen LogP contribution < -0.4 is 10.6 Å². The first-order valence-electron chi connectivity index (χ1n) is 5.86. The Morgan fingerprint density at radius 2 is 2.21 bits per heavy atom. The number of anilines is 1. The third-order valence-electron chi connectivity index (χ3n) is 2.50. The van der Waals surface area contributed by atoms with Gasteiger partial charge in [-0.1, -0.05) is 17.7 Å². The standard InChI is InChI=1S/C14H16ClN3O/c1-10-3-4-13(11(2)7-10)18-9-12(8-16)14(19)17-6-5-15/h3-4,7,9,18H,5-6H2,1-2H3,(H,17,19)/b12-9-. The molecule has 0 unspecified atom stereocenters. The van der Waals surface area contributed by atoms with E-state index in [1.165, 1.54) is 6.20 Å². The molecule has 5 heteroatoms. The van der Waals surface area contributed by atoms with Crippen LogP contribution in [0.2, 0.25) is 0 Å². The molecule has 0 heterocycles. The van der Waals surface area contributed by atoms with Gasteiger partial charge in [-0.05, 0) is 25.5 Å². The van der Waals surface area contributed by atoms with Gasteiger partial charge in [0.25, 0.3) is 5.91 Å². The van der Waals surface area contributed by atoms with E-state index in [2.05, 4.69) is 10.6 Å². The predicted octanol–water partition coefficient (Wildman–Crippen LogP) is 2.48. The fourth-order valence-corrected chi connectivity index (χ4v) is 1.62. The normalized spacial score (nSPS) is 10.7. The first kappa shape index (κ1) is 15.1. The Morgan fingerprint density at radius 3 is 2.79 bits per heavy atom. The molecule has 19 heavy (non-hydrogen) atoms. The maximum Gasteiger partial charge on any atom is 0.263 e. The third-order valence-corrected chi connectivity index (χ3v) is 2.69. The first-order chi connectivity index (χ1) is 9.08. The molecule has 0 aromatic heterocycles. The van der Waals surface area contributed by atoms with Crippen molar-refractivity contribution < 1.29 is 4.79 Å². The second-order valence-corrected chi connectivity index (χ2v) is 4.46. The smallest absolute Gasteiger partial charge is 0.263 e. The van der Waals surface area contributed by atoms with E-state index in [4.69, 9.17) is 16.9 Å². The van der Waals surface area contributed by atoms with Gasteiger partial charge in [0, 0.05) is 24.3 Å². The number of amides is 1. The van der Waals surface area contributed by atoms with Gasteiger partial charge in [0.1, 0.15) is 11.6 Å². The lowest BCUT2D eigenvalue weighted by Gasteiger charge is -2.07. The molecule has 0 aliphatic heterocycles. The van der Waals surface area contributed by atoms with Crippen LogP contribution in [0.4, 0.5) is 5.69 Å². The first-order valence-corrected chi connectivity index (χ1v) is 6.40. The van der Waals surface area contributed by atoms with Gasteiger partial charge in [0.05, 0.1) is 0 Å². The van der Waals surface area contributed by atoms with E-state index >= 15 is 0 Å². The fourth-order valence-electron chi connectivity index (χ4n) is 1.53. The van der Waals surface area contributed by atoms with Crippen LogP contribution in [0.1, 0.15) is 11.1 Å². The molecule has 0 saturated carbocycles. The number of aryl methyl sites for hydroxylation is 2. The highest BCUT2D eigenvalue weighted by molar-refractivity contribution is 6.18. The molecule has 0 fully saturated rings. The molecule has 0 aliphatic carbocycles. The lowest BCUT2D eigenvalue weighted by molar-refractivity contribution is -0.117. The Bertz CT molecular complexity index is 532. The second-order valence-electron chi connectivity index (χ2n) is 4.08. The predicted molar refractivity (Wildman–Crippen MR) is 77.0 cm³/mol. The van der Waals surface area contributed by atoms with E-state index in [1.807, 2.05) is 38.1 Å². The van der Waals surface area contributed by atoms with Crippen molar-refractivity contribution in [3.63, 3.8) is 0 Å². The largest absolute Gasteiger partial charge is 0.360 e. The number of hydrogen-bond acceptors (Lipinski definition) is 3. The van der Waals surface area contributed by atoms with E-state index in [0.717, 1.165) is 16.8 Å². The number of benzene rings is 1. The molecule has 0 saturated heterocycles. The summed E-state index contributed by atoms with van der Waals surface area (Å²) in [5, 5.41) is 14.4. The van der Waals surface area contributed by atoms with Crippen LogP contribution >= 0.6 is 11.6 Å². The van der Waals surface area contributed by atoms with Gasteiger partial charge in [0.15, 0.2) is 0 Å². The zero-order valence-electron chi connectivity index (χ0n) is 11.0. The van der Waals surface area contributed by atoms with Gasteiger partial charge in [-0.15, -0.1) is 11.6 Å². The van der Waals surface area contributed by atoms with Gasteiger partial charge < -0.3 is 10.6 Å². The topological polar surface area (TPSA) is 64.9 Å². The van der Waals surface area contributed by atoms with Crippen LogP contribution in [0.25, 0.3) is 0 Å². The monoisotopic (exact) mass is 277 g/mol. The van der Waals surface area contributed by atoms with Crippen molar-refractivity contribution in [1.82, 2.24) is 5.32 Å². The minimum Gasteiger partial charge on any atom is -0.360 e. The summed E-state index contributed by atoms with van der Waals surface area (Å²) in [5.41, 5.74) is 3.09. The lowest BCUT2D eigenvalue weighted by Crippen LogP contribution is -2.26. The number of hydrogen-bond donors (Lipinski definition) is 2. The number of carbonyl (C=O) groups excluding carboxylic acids is 1. The number of nitrogens with one attached hydrogen (secondary N) is 2. The molecule has 1 aromatic carbocycles. The van der Waals surface area contributed by atoms with E-state index in [9.17, 15) is 4.79 Å². The van der Waals surface area contributed by atoms with Crippen LogP contribution in [0, 0.1) is 25.2 Å².